The number of hydrogen-bond acceptors (Lipinski definition) is 6. The number of hydrogen-bond donors (Lipinski definition) is 2. The average Bonchev–Trinajstić information content (AvgIpc) is 3.39. The molecule has 3 aliphatic rings. The molecule has 4 aromatic carbocycles. The van der Waals surface area contributed by atoms with E-state index in [1.54, 1.807) is 0 Å². The number of unbranched alkanes of at least 4 members (excludes halogenated alkanes) is 2. The molecule has 1 heterocycles. The summed E-state index contributed by atoms with van der Waals surface area (Å²) < 4.78 is 10.6. The summed E-state index contributed by atoms with van der Waals surface area (Å²) in [5.74, 6) is 12.6. The van der Waals surface area contributed by atoms with Crippen LogP contribution < -0.4 is 0 Å². The summed E-state index contributed by atoms with van der Waals surface area (Å²) in [6.07, 6.45) is 6.97. The van der Waals surface area contributed by atoms with E-state index < -0.39 is 6.10 Å². The normalized spacial score (nSPS) is 16.7. The zero-order valence-corrected chi connectivity index (χ0v) is 28.4. The van der Waals surface area contributed by atoms with Gasteiger partial charge in [-0.1, -0.05) is 103 Å². The molecule has 0 aromatic heterocycles. The summed E-state index contributed by atoms with van der Waals surface area (Å²) in [7, 11) is 0. The van der Waals surface area contributed by atoms with E-state index in [4.69, 9.17) is 14.6 Å². The monoisotopic (exact) mass is 668 g/mol. The number of ether oxygens (including phenoxy) is 2. The van der Waals surface area contributed by atoms with E-state index in [1.165, 1.54) is 0 Å². The molecule has 0 amide bonds. The fourth-order valence-electron chi connectivity index (χ4n) is 6.02. The van der Waals surface area contributed by atoms with E-state index in [0.717, 1.165) is 83.0 Å². The third-order valence-electron chi connectivity index (χ3n) is 8.75. The number of aliphatic hydroxyl groups is 2. The van der Waals surface area contributed by atoms with Crippen molar-refractivity contribution < 1.29 is 29.3 Å². The van der Waals surface area contributed by atoms with Gasteiger partial charge < -0.3 is 19.7 Å². The molecule has 2 N–H and O–H groups in total. The van der Waals surface area contributed by atoms with Crippen molar-refractivity contribution in [3.63, 3.8) is 0 Å². The maximum atomic E-state index is 12.3. The number of fused-ring (bicyclic) bond motifs is 4. The van der Waals surface area contributed by atoms with Crippen molar-refractivity contribution in [1.29, 1.82) is 0 Å². The quantitative estimate of drug-likeness (QED) is 0.125. The van der Waals surface area contributed by atoms with Crippen LogP contribution in [0.1, 0.15) is 108 Å². The van der Waals surface area contributed by atoms with Crippen molar-refractivity contribution in [2.45, 2.75) is 76.4 Å². The van der Waals surface area contributed by atoms with Gasteiger partial charge in [-0.3, -0.25) is 9.59 Å². The Kier molecular flexibility index (Phi) is 13.8. The Morgan fingerprint density at radius 1 is 0.680 bits per heavy atom. The zero-order valence-electron chi connectivity index (χ0n) is 28.4. The van der Waals surface area contributed by atoms with E-state index in [0.29, 0.717) is 32.3 Å². The molecule has 0 bridgehead atoms. The first-order valence-electron chi connectivity index (χ1n) is 17.5. The van der Waals surface area contributed by atoms with E-state index in [2.05, 4.69) is 23.7 Å². The summed E-state index contributed by atoms with van der Waals surface area (Å²) in [5.41, 5.74) is 7.94. The van der Waals surface area contributed by atoms with Crippen LogP contribution in [0.15, 0.2) is 97.1 Å². The molecule has 1 fully saturated rings. The van der Waals surface area contributed by atoms with Gasteiger partial charge in [0, 0.05) is 60.1 Å². The third kappa shape index (κ3) is 10.7. The van der Waals surface area contributed by atoms with Gasteiger partial charge in [0.2, 0.25) is 0 Å². The predicted octanol–water partition coefficient (Wildman–Crippen LogP) is 7.56. The highest BCUT2D eigenvalue weighted by molar-refractivity contribution is 5.70. The maximum Gasteiger partial charge on any atom is 0.306 e. The number of aliphatic hydroxyl groups excluding tert-OH is 2. The van der Waals surface area contributed by atoms with E-state index in [1.807, 2.05) is 97.1 Å². The Bertz CT molecular complexity index is 1860. The minimum Gasteiger partial charge on any atom is -0.466 e. The number of cyclic esters (lactones) is 1. The number of carbonyl (C=O) groups excluding carboxylic acids is 2. The van der Waals surface area contributed by atoms with Crippen molar-refractivity contribution >= 4 is 11.9 Å². The maximum absolute atomic E-state index is 12.3. The van der Waals surface area contributed by atoms with Gasteiger partial charge in [-0.25, -0.2) is 0 Å². The lowest BCUT2D eigenvalue weighted by Gasteiger charge is -2.22. The summed E-state index contributed by atoms with van der Waals surface area (Å²) in [4.78, 5) is 22.7. The van der Waals surface area contributed by atoms with Gasteiger partial charge in [0.05, 0.1) is 12.7 Å². The van der Waals surface area contributed by atoms with E-state index in [9.17, 15) is 14.7 Å². The molecule has 0 radical (unpaired) electrons. The number of carbonyl (C=O) groups is 2. The predicted molar refractivity (Wildman–Crippen MR) is 194 cm³/mol. The number of esters is 2. The van der Waals surface area contributed by atoms with Crippen LogP contribution >= 0.6 is 0 Å². The number of rotatable bonds is 6. The molecule has 6 heteroatoms. The summed E-state index contributed by atoms with van der Waals surface area (Å²) in [6.45, 7) is 0.805. The molecular formula is C44H44O6. The first-order valence-corrected chi connectivity index (χ1v) is 17.5. The van der Waals surface area contributed by atoms with Gasteiger partial charge in [-0.15, -0.1) is 0 Å². The van der Waals surface area contributed by atoms with Crippen LogP contribution in [-0.4, -0.2) is 35.4 Å². The summed E-state index contributed by atoms with van der Waals surface area (Å²) >= 11 is 0. The molecule has 0 spiro atoms. The SMILES string of the molecule is O=C(CCCCCO)OC1Cc2ccccc2C#Cc2ccccc21.O=C1CCCCCO1.OC1Cc2ccccc2C#Cc2ccccc21. The Hall–Kier alpha value is -5.14. The first kappa shape index (κ1) is 36.1. The standard InChI is InChI=1S/C22H22O3.C16H12O.C6H10O2/c23-15-7-1-2-12-22(24)25-21-16-19-10-4-3-8-17(19)13-14-18-9-5-6-11-20(18)21;17-16-11-14-7-2-1-5-12(14)9-10-13-6-3-4-8-15(13)16;7-6-4-2-1-3-5-8-6/h3-6,8-11,21,23H,1-2,7,12,15-16H2;1-8,16-17H,11H2;1-5H2. The average molecular weight is 669 g/mol. The molecular weight excluding hydrogens is 624 g/mol. The fraction of sp³-hybridized carbons (Fsp3) is 0.318. The van der Waals surface area contributed by atoms with Crippen LogP contribution in [0.4, 0.5) is 0 Å². The molecule has 256 valence electrons. The minimum atomic E-state index is -0.470. The molecule has 2 unspecified atom stereocenters. The minimum absolute atomic E-state index is 0.0255. The Morgan fingerprint density at radius 3 is 1.92 bits per heavy atom. The van der Waals surface area contributed by atoms with Crippen LogP contribution in [-0.2, 0) is 31.9 Å². The molecule has 1 aliphatic heterocycles. The van der Waals surface area contributed by atoms with Crippen LogP contribution in [0.5, 0.6) is 0 Å². The first-order chi connectivity index (χ1) is 24.5. The molecule has 1 saturated heterocycles. The van der Waals surface area contributed by atoms with Gasteiger partial charge in [0.1, 0.15) is 6.10 Å². The lowest BCUT2D eigenvalue weighted by atomic mass is 9.92. The second kappa shape index (κ2) is 19.2. The Morgan fingerprint density at radius 2 is 1.24 bits per heavy atom. The lowest BCUT2D eigenvalue weighted by molar-refractivity contribution is -0.149. The van der Waals surface area contributed by atoms with Gasteiger partial charge in [0.25, 0.3) is 0 Å². The molecule has 50 heavy (non-hydrogen) atoms. The zero-order chi connectivity index (χ0) is 35.0. The highest BCUT2D eigenvalue weighted by Crippen LogP contribution is 2.29. The molecule has 4 aromatic rings. The van der Waals surface area contributed by atoms with E-state index >= 15 is 0 Å². The fourth-order valence-corrected chi connectivity index (χ4v) is 6.02. The second-order valence-corrected chi connectivity index (χ2v) is 12.5. The molecule has 7 rings (SSSR count). The van der Waals surface area contributed by atoms with Crippen molar-refractivity contribution in [2.75, 3.05) is 13.2 Å². The molecule has 6 nitrogen and oxygen atoms in total. The topological polar surface area (TPSA) is 93.1 Å². The van der Waals surface area contributed by atoms with Crippen molar-refractivity contribution in [1.82, 2.24) is 0 Å². The Balaban J connectivity index is 0.000000166. The van der Waals surface area contributed by atoms with Crippen LogP contribution in [0.3, 0.4) is 0 Å². The second-order valence-electron chi connectivity index (χ2n) is 12.5. The Labute approximate surface area is 295 Å². The van der Waals surface area contributed by atoms with Crippen molar-refractivity contribution in [3.8, 4) is 23.7 Å². The summed E-state index contributed by atoms with van der Waals surface area (Å²) in [5, 5.41) is 19.1. The highest BCUT2D eigenvalue weighted by Gasteiger charge is 2.22. The third-order valence-corrected chi connectivity index (χ3v) is 8.75. The van der Waals surface area contributed by atoms with Gasteiger partial charge in [-0.2, -0.15) is 0 Å². The summed E-state index contributed by atoms with van der Waals surface area (Å²) in [6, 6.07) is 31.7. The smallest absolute Gasteiger partial charge is 0.306 e. The molecule has 2 aliphatic carbocycles. The van der Waals surface area contributed by atoms with Crippen molar-refractivity contribution in [3.05, 3.63) is 142 Å². The van der Waals surface area contributed by atoms with Crippen LogP contribution in [0.25, 0.3) is 0 Å². The van der Waals surface area contributed by atoms with E-state index in [-0.39, 0.29) is 24.6 Å². The lowest BCUT2D eigenvalue weighted by Crippen LogP contribution is -2.16. The van der Waals surface area contributed by atoms with Crippen molar-refractivity contribution in [2.24, 2.45) is 0 Å². The van der Waals surface area contributed by atoms with Crippen LogP contribution in [0, 0.1) is 23.7 Å². The van der Waals surface area contributed by atoms with Gasteiger partial charge in [-0.05, 0) is 73.1 Å². The van der Waals surface area contributed by atoms with Gasteiger partial charge >= 0.3 is 11.9 Å². The van der Waals surface area contributed by atoms with Crippen LogP contribution in [0.2, 0.25) is 0 Å². The van der Waals surface area contributed by atoms with Gasteiger partial charge in [0.15, 0.2) is 0 Å². The molecule has 2 atom stereocenters. The highest BCUT2D eigenvalue weighted by atomic mass is 16.5. The largest absolute Gasteiger partial charge is 0.466 e. The molecule has 0 saturated carbocycles. The number of benzene rings is 4.